The molecule has 18 heavy (non-hydrogen) atoms. The molecule has 0 radical (unpaired) electrons. The van der Waals surface area contributed by atoms with Crippen LogP contribution in [0, 0.1) is 20.8 Å². The zero-order chi connectivity index (χ0) is 13.5. The van der Waals surface area contributed by atoms with Gasteiger partial charge in [-0.3, -0.25) is 0 Å². The van der Waals surface area contributed by atoms with Crippen molar-refractivity contribution in [1.29, 1.82) is 0 Å². The van der Waals surface area contributed by atoms with Gasteiger partial charge in [0.2, 0.25) is 0 Å². The molecule has 1 atom stereocenters. The molecule has 0 bridgehead atoms. The minimum absolute atomic E-state index is 0.126. The molecule has 0 spiro atoms. The second kappa shape index (κ2) is 7.39. The molecule has 0 aliphatic carbocycles. The molecule has 0 saturated carbocycles. The van der Waals surface area contributed by atoms with E-state index in [1.807, 2.05) is 6.92 Å². The standard InChI is InChI=1S/C15H25NO2/c1-5-16-14(10-17)6-7-18-15-12(3)8-11(2)9-13(15)4/h8-9,14,16-17H,5-7,10H2,1-4H3. The number of rotatable bonds is 7. The predicted octanol–water partition coefficient (Wildman–Crippen LogP) is 2.35. The number of aliphatic hydroxyl groups is 1. The van der Waals surface area contributed by atoms with E-state index in [2.05, 4.69) is 38.2 Å². The Bertz CT molecular complexity index is 354. The third kappa shape index (κ3) is 4.31. The number of nitrogens with one attached hydrogen (secondary N) is 1. The molecule has 1 aromatic rings. The van der Waals surface area contributed by atoms with Gasteiger partial charge in [-0.1, -0.05) is 24.6 Å². The van der Waals surface area contributed by atoms with Crippen LogP contribution in [-0.2, 0) is 0 Å². The van der Waals surface area contributed by atoms with Crippen molar-refractivity contribution in [3.63, 3.8) is 0 Å². The van der Waals surface area contributed by atoms with Crippen LogP contribution in [0.1, 0.15) is 30.0 Å². The van der Waals surface area contributed by atoms with Crippen LogP contribution >= 0.6 is 0 Å². The summed E-state index contributed by atoms with van der Waals surface area (Å²) in [6.45, 7) is 9.93. The monoisotopic (exact) mass is 251 g/mol. The lowest BCUT2D eigenvalue weighted by molar-refractivity contribution is 0.209. The van der Waals surface area contributed by atoms with Gasteiger partial charge in [0.1, 0.15) is 5.75 Å². The Labute approximate surface area is 110 Å². The first-order chi connectivity index (χ1) is 8.58. The molecule has 1 rings (SSSR count). The fourth-order valence-electron chi connectivity index (χ4n) is 2.24. The van der Waals surface area contributed by atoms with Crippen molar-refractivity contribution in [3.8, 4) is 5.75 Å². The van der Waals surface area contributed by atoms with Crippen molar-refractivity contribution in [3.05, 3.63) is 28.8 Å². The van der Waals surface area contributed by atoms with Crippen molar-refractivity contribution in [2.24, 2.45) is 0 Å². The molecule has 0 aliphatic rings. The van der Waals surface area contributed by atoms with Crippen LogP contribution in [0.15, 0.2) is 12.1 Å². The zero-order valence-corrected chi connectivity index (χ0v) is 11.9. The molecule has 1 aromatic carbocycles. The molecular formula is C15H25NO2. The molecule has 0 aliphatic heterocycles. The Hall–Kier alpha value is -1.06. The minimum atomic E-state index is 0.126. The minimum Gasteiger partial charge on any atom is -0.493 e. The van der Waals surface area contributed by atoms with Crippen LogP contribution in [-0.4, -0.2) is 30.9 Å². The maximum Gasteiger partial charge on any atom is 0.125 e. The average Bonchev–Trinajstić information content (AvgIpc) is 2.31. The van der Waals surface area contributed by atoms with Crippen LogP contribution in [0.3, 0.4) is 0 Å². The van der Waals surface area contributed by atoms with Gasteiger partial charge >= 0.3 is 0 Å². The van der Waals surface area contributed by atoms with E-state index in [-0.39, 0.29) is 12.6 Å². The lowest BCUT2D eigenvalue weighted by Gasteiger charge is -2.17. The summed E-state index contributed by atoms with van der Waals surface area (Å²) in [5.74, 6) is 0.980. The first kappa shape index (κ1) is 15.0. The van der Waals surface area contributed by atoms with Gasteiger partial charge in [0.25, 0.3) is 0 Å². The summed E-state index contributed by atoms with van der Waals surface area (Å²) in [4.78, 5) is 0. The van der Waals surface area contributed by atoms with E-state index in [4.69, 9.17) is 4.74 Å². The van der Waals surface area contributed by atoms with Crippen LogP contribution in [0.25, 0.3) is 0 Å². The molecular weight excluding hydrogens is 226 g/mol. The summed E-state index contributed by atoms with van der Waals surface area (Å²) in [6.07, 6.45) is 0.817. The van der Waals surface area contributed by atoms with Gasteiger partial charge in [0, 0.05) is 6.04 Å². The summed E-state index contributed by atoms with van der Waals surface area (Å²) >= 11 is 0. The highest BCUT2D eigenvalue weighted by Crippen LogP contribution is 2.24. The Kier molecular flexibility index (Phi) is 6.16. The van der Waals surface area contributed by atoms with Gasteiger partial charge < -0.3 is 15.2 Å². The smallest absolute Gasteiger partial charge is 0.125 e. The zero-order valence-electron chi connectivity index (χ0n) is 11.9. The number of hydrogen-bond acceptors (Lipinski definition) is 3. The SMILES string of the molecule is CCNC(CO)CCOc1c(C)cc(C)cc1C. The topological polar surface area (TPSA) is 41.5 Å². The predicted molar refractivity (Wildman–Crippen MR) is 75.3 cm³/mol. The highest BCUT2D eigenvalue weighted by molar-refractivity contribution is 5.42. The van der Waals surface area contributed by atoms with Gasteiger partial charge in [-0.2, -0.15) is 0 Å². The molecule has 102 valence electrons. The first-order valence-electron chi connectivity index (χ1n) is 6.63. The molecule has 3 heteroatoms. The second-order valence-corrected chi connectivity index (χ2v) is 4.80. The maximum atomic E-state index is 9.18. The van der Waals surface area contributed by atoms with Gasteiger partial charge in [0.05, 0.1) is 13.2 Å². The van der Waals surface area contributed by atoms with Gasteiger partial charge in [-0.15, -0.1) is 0 Å². The van der Waals surface area contributed by atoms with Crippen molar-refractivity contribution in [2.45, 2.75) is 40.2 Å². The van der Waals surface area contributed by atoms with Crippen LogP contribution in [0.4, 0.5) is 0 Å². The molecule has 0 amide bonds. The van der Waals surface area contributed by atoms with Gasteiger partial charge in [0.15, 0.2) is 0 Å². The van der Waals surface area contributed by atoms with E-state index in [0.29, 0.717) is 6.61 Å². The summed E-state index contributed by atoms with van der Waals surface area (Å²) in [6, 6.07) is 4.40. The van der Waals surface area contributed by atoms with E-state index in [0.717, 1.165) is 18.7 Å². The highest BCUT2D eigenvalue weighted by atomic mass is 16.5. The molecule has 3 nitrogen and oxygen atoms in total. The fraction of sp³-hybridized carbons (Fsp3) is 0.600. The van der Waals surface area contributed by atoms with E-state index in [9.17, 15) is 5.11 Å². The van der Waals surface area contributed by atoms with Crippen LogP contribution in [0.2, 0.25) is 0 Å². The number of likely N-dealkylation sites (N-methyl/N-ethyl adjacent to an activating group) is 1. The third-order valence-electron chi connectivity index (χ3n) is 3.03. The van der Waals surface area contributed by atoms with Crippen LogP contribution in [0.5, 0.6) is 5.75 Å². The van der Waals surface area contributed by atoms with Gasteiger partial charge in [-0.05, 0) is 44.9 Å². The van der Waals surface area contributed by atoms with Crippen molar-refractivity contribution in [2.75, 3.05) is 19.8 Å². The number of benzene rings is 1. The summed E-state index contributed by atoms with van der Waals surface area (Å²) in [5, 5.41) is 12.4. The Balaban J connectivity index is 2.53. The van der Waals surface area contributed by atoms with Crippen LogP contribution < -0.4 is 10.1 Å². The normalized spacial score (nSPS) is 12.5. The lowest BCUT2D eigenvalue weighted by Crippen LogP contribution is -2.33. The van der Waals surface area contributed by atoms with Crippen molar-refractivity contribution in [1.82, 2.24) is 5.32 Å². The molecule has 0 heterocycles. The van der Waals surface area contributed by atoms with Crippen molar-refractivity contribution >= 4 is 0 Å². The van der Waals surface area contributed by atoms with E-state index in [1.54, 1.807) is 0 Å². The largest absolute Gasteiger partial charge is 0.493 e. The lowest BCUT2D eigenvalue weighted by atomic mass is 10.1. The first-order valence-corrected chi connectivity index (χ1v) is 6.63. The molecule has 2 N–H and O–H groups in total. The quantitative estimate of drug-likeness (QED) is 0.781. The fourth-order valence-corrected chi connectivity index (χ4v) is 2.24. The highest BCUT2D eigenvalue weighted by Gasteiger charge is 2.08. The average molecular weight is 251 g/mol. The van der Waals surface area contributed by atoms with E-state index < -0.39 is 0 Å². The van der Waals surface area contributed by atoms with E-state index >= 15 is 0 Å². The van der Waals surface area contributed by atoms with E-state index in [1.165, 1.54) is 16.7 Å². The number of hydrogen-bond donors (Lipinski definition) is 2. The number of ether oxygens (including phenoxy) is 1. The molecule has 0 aromatic heterocycles. The summed E-state index contributed by atoms with van der Waals surface area (Å²) < 4.78 is 5.85. The Morgan fingerprint density at radius 3 is 2.33 bits per heavy atom. The van der Waals surface area contributed by atoms with Crippen molar-refractivity contribution < 1.29 is 9.84 Å². The number of aliphatic hydroxyl groups excluding tert-OH is 1. The Morgan fingerprint density at radius 1 is 1.22 bits per heavy atom. The summed E-state index contributed by atoms with van der Waals surface area (Å²) in [7, 11) is 0. The Morgan fingerprint density at radius 2 is 1.83 bits per heavy atom. The maximum absolute atomic E-state index is 9.18. The molecule has 0 saturated heterocycles. The number of aryl methyl sites for hydroxylation is 3. The molecule has 0 fully saturated rings. The molecule has 1 unspecified atom stereocenters. The second-order valence-electron chi connectivity index (χ2n) is 4.80. The summed E-state index contributed by atoms with van der Waals surface area (Å²) in [5.41, 5.74) is 3.62. The van der Waals surface area contributed by atoms with Gasteiger partial charge in [-0.25, -0.2) is 0 Å². The third-order valence-corrected chi connectivity index (χ3v) is 3.03.